The van der Waals surface area contributed by atoms with E-state index in [1.165, 1.54) is 0 Å². The van der Waals surface area contributed by atoms with Crippen LogP contribution in [0.15, 0.2) is 42.6 Å². The first kappa shape index (κ1) is 9.52. The molecule has 2 rings (SSSR count). The van der Waals surface area contributed by atoms with Gasteiger partial charge in [0.15, 0.2) is 0 Å². The van der Waals surface area contributed by atoms with Crippen LogP contribution in [0.2, 0.25) is 0 Å². The van der Waals surface area contributed by atoms with Gasteiger partial charge in [0, 0.05) is 11.8 Å². The quantitative estimate of drug-likeness (QED) is 0.774. The molecule has 15 heavy (non-hydrogen) atoms. The number of ketones is 1. The van der Waals surface area contributed by atoms with Crippen LogP contribution < -0.4 is 4.74 Å². The molecule has 1 heterocycles. The molecule has 1 N–H and O–H groups in total. The predicted octanol–water partition coefficient (Wildman–Crippen LogP) is 2.25. The molecule has 2 aromatic rings. The number of rotatable bonds is 3. The van der Waals surface area contributed by atoms with Gasteiger partial charge in [0.05, 0.1) is 12.8 Å². The number of benzene rings is 1. The largest absolute Gasteiger partial charge is 0.497 e. The summed E-state index contributed by atoms with van der Waals surface area (Å²) in [5.74, 6) is 0.659. The minimum atomic E-state index is -0.0288. The molecule has 0 saturated heterocycles. The van der Waals surface area contributed by atoms with Gasteiger partial charge < -0.3 is 9.72 Å². The Bertz CT molecular complexity index is 460. The molecule has 0 bridgehead atoms. The van der Waals surface area contributed by atoms with E-state index < -0.39 is 0 Å². The molecule has 0 aliphatic carbocycles. The zero-order valence-corrected chi connectivity index (χ0v) is 8.36. The van der Waals surface area contributed by atoms with Crippen molar-refractivity contribution in [3.8, 4) is 5.75 Å². The monoisotopic (exact) mass is 201 g/mol. The average Bonchev–Trinajstić information content (AvgIpc) is 2.81. The fourth-order valence-electron chi connectivity index (χ4n) is 1.39. The van der Waals surface area contributed by atoms with E-state index in [9.17, 15) is 4.79 Å². The molecule has 0 fully saturated rings. The topological polar surface area (TPSA) is 42.1 Å². The summed E-state index contributed by atoms with van der Waals surface area (Å²) in [6.07, 6.45) is 1.73. The van der Waals surface area contributed by atoms with Crippen molar-refractivity contribution in [1.82, 2.24) is 4.98 Å². The summed E-state index contributed by atoms with van der Waals surface area (Å²) in [7, 11) is 1.58. The van der Waals surface area contributed by atoms with Crippen molar-refractivity contribution in [3.63, 3.8) is 0 Å². The minimum absolute atomic E-state index is 0.0288. The van der Waals surface area contributed by atoms with Crippen molar-refractivity contribution in [3.05, 3.63) is 53.9 Å². The zero-order valence-electron chi connectivity index (χ0n) is 8.36. The molecule has 0 saturated carbocycles. The highest BCUT2D eigenvalue weighted by Crippen LogP contribution is 2.15. The Hall–Kier alpha value is -2.03. The highest BCUT2D eigenvalue weighted by molar-refractivity contribution is 6.07. The maximum absolute atomic E-state index is 11.9. The number of ether oxygens (including phenoxy) is 1. The van der Waals surface area contributed by atoms with Gasteiger partial charge >= 0.3 is 0 Å². The van der Waals surface area contributed by atoms with Gasteiger partial charge in [-0.15, -0.1) is 0 Å². The van der Waals surface area contributed by atoms with Gasteiger partial charge in [0.25, 0.3) is 0 Å². The van der Waals surface area contributed by atoms with Crippen LogP contribution in [-0.4, -0.2) is 17.9 Å². The molecule has 3 heteroatoms. The van der Waals surface area contributed by atoms with Crippen LogP contribution in [0.25, 0.3) is 0 Å². The second kappa shape index (κ2) is 4.00. The summed E-state index contributed by atoms with van der Waals surface area (Å²) in [5.41, 5.74) is 1.21. The average molecular weight is 201 g/mol. The minimum Gasteiger partial charge on any atom is -0.497 e. The van der Waals surface area contributed by atoms with Gasteiger partial charge in [0.1, 0.15) is 5.75 Å². The van der Waals surface area contributed by atoms with E-state index in [1.54, 1.807) is 43.6 Å². The van der Waals surface area contributed by atoms with E-state index in [4.69, 9.17) is 4.74 Å². The van der Waals surface area contributed by atoms with Crippen molar-refractivity contribution >= 4 is 5.78 Å². The predicted molar refractivity (Wildman–Crippen MR) is 57.2 cm³/mol. The highest BCUT2D eigenvalue weighted by Gasteiger charge is 2.09. The lowest BCUT2D eigenvalue weighted by atomic mass is 10.1. The Labute approximate surface area is 87.7 Å². The second-order valence-electron chi connectivity index (χ2n) is 3.14. The van der Waals surface area contributed by atoms with Crippen molar-refractivity contribution in [2.75, 3.05) is 7.11 Å². The van der Waals surface area contributed by atoms with Gasteiger partial charge in [-0.2, -0.15) is 0 Å². The first-order valence-corrected chi connectivity index (χ1v) is 4.63. The SMILES string of the molecule is COc1cccc(C(=O)c2ccc[nH]2)c1. The number of nitrogens with one attached hydrogen (secondary N) is 1. The molecule has 3 nitrogen and oxygen atoms in total. The third-order valence-electron chi connectivity index (χ3n) is 2.17. The Balaban J connectivity index is 2.34. The molecule has 1 aromatic heterocycles. The lowest BCUT2D eigenvalue weighted by Gasteiger charge is -2.02. The fraction of sp³-hybridized carbons (Fsp3) is 0.0833. The van der Waals surface area contributed by atoms with Crippen molar-refractivity contribution < 1.29 is 9.53 Å². The molecule has 76 valence electrons. The van der Waals surface area contributed by atoms with Gasteiger partial charge in [-0.1, -0.05) is 12.1 Å². The van der Waals surface area contributed by atoms with E-state index in [2.05, 4.69) is 4.98 Å². The molecule has 0 amide bonds. The number of methoxy groups -OCH3 is 1. The maximum atomic E-state index is 11.9. The second-order valence-corrected chi connectivity index (χ2v) is 3.14. The summed E-state index contributed by atoms with van der Waals surface area (Å²) in [6, 6.07) is 10.7. The van der Waals surface area contributed by atoms with E-state index in [0.29, 0.717) is 17.0 Å². The summed E-state index contributed by atoms with van der Waals surface area (Å²) in [6.45, 7) is 0. The molecular weight excluding hydrogens is 190 g/mol. The first-order chi connectivity index (χ1) is 7.31. The lowest BCUT2D eigenvalue weighted by Crippen LogP contribution is -2.01. The molecule has 0 aliphatic rings. The van der Waals surface area contributed by atoms with Crippen LogP contribution in [0, 0.1) is 0 Å². The van der Waals surface area contributed by atoms with Crippen LogP contribution in [0.5, 0.6) is 5.75 Å². The number of carbonyl (C=O) groups is 1. The Morgan fingerprint density at radius 1 is 1.27 bits per heavy atom. The number of aromatic amines is 1. The van der Waals surface area contributed by atoms with Crippen molar-refractivity contribution in [1.29, 1.82) is 0 Å². The molecule has 0 radical (unpaired) electrons. The number of hydrogen-bond donors (Lipinski definition) is 1. The van der Waals surface area contributed by atoms with Crippen LogP contribution in [0.3, 0.4) is 0 Å². The lowest BCUT2D eigenvalue weighted by molar-refractivity contribution is 0.103. The van der Waals surface area contributed by atoms with Gasteiger partial charge in [-0.25, -0.2) is 0 Å². The number of hydrogen-bond acceptors (Lipinski definition) is 2. The van der Waals surface area contributed by atoms with Gasteiger partial charge in [0.2, 0.25) is 5.78 Å². The summed E-state index contributed by atoms with van der Waals surface area (Å²) in [5, 5.41) is 0. The summed E-state index contributed by atoms with van der Waals surface area (Å²) in [4.78, 5) is 14.8. The third kappa shape index (κ3) is 1.91. The Morgan fingerprint density at radius 3 is 2.80 bits per heavy atom. The Morgan fingerprint density at radius 2 is 2.13 bits per heavy atom. The van der Waals surface area contributed by atoms with Crippen LogP contribution in [-0.2, 0) is 0 Å². The summed E-state index contributed by atoms with van der Waals surface area (Å²) < 4.78 is 5.06. The molecule has 0 aliphatic heterocycles. The molecular formula is C12H11NO2. The maximum Gasteiger partial charge on any atom is 0.209 e. The number of aromatic nitrogens is 1. The zero-order chi connectivity index (χ0) is 10.7. The molecule has 0 unspecified atom stereocenters. The summed E-state index contributed by atoms with van der Waals surface area (Å²) >= 11 is 0. The highest BCUT2D eigenvalue weighted by atomic mass is 16.5. The van der Waals surface area contributed by atoms with E-state index in [0.717, 1.165) is 0 Å². The fourth-order valence-corrected chi connectivity index (χ4v) is 1.39. The van der Waals surface area contributed by atoms with Gasteiger partial charge in [-0.3, -0.25) is 4.79 Å². The number of carbonyl (C=O) groups excluding carboxylic acids is 1. The number of H-pyrrole nitrogens is 1. The first-order valence-electron chi connectivity index (χ1n) is 4.63. The van der Waals surface area contributed by atoms with Crippen molar-refractivity contribution in [2.24, 2.45) is 0 Å². The van der Waals surface area contributed by atoms with Crippen LogP contribution in [0.1, 0.15) is 16.1 Å². The Kier molecular flexibility index (Phi) is 2.54. The van der Waals surface area contributed by atoms with Crippen molar-refractivity contribution in [2.45, 2.75) is 0 Å². The molecule has 0 atom stereocenters. The van der Waals surface area contributed by atoms with E-state index in [1.807, 2.05) is 6.07 Å². The molecule has 0 spiro atoms. The van der Waals surface area contributed by atoms with E-state index in [-0.39, 0.29) is 5.78 Å². The van der Waals surface area contributed by atoms with E-state index >= 15 is 0 Å². The normalized spacial score (nSPS) is 9.93. The van der Waals surface area contributed by atoms with Crippen LogP contribution in [0.4, 0.5) is 0 Å². The molecule has 1 aromatic carbocycles. The third-order valence-corrected chi connectivity index (χ3v) is 2.17. The smallest absolute Gasteiger partial charge is 0.209 e. The standard InChI is InChI=1S/C12H11NO2/c1-15-10-5-2-4-9(8-10)12(14)11-6-3-7-13-11/h2-8,13H,1H3. The van der Waals surface area contributed by atoms with Gasteiger partial charge in [-0.05, 0) is 24.3 Å². The van der Waals surface area contributed by atoms with Crippen LogP contribution >= 0.6 is 0 Å².